The van der Waals surface area contributed by atoms with Crippen LogP contribution in [0, 0.1) is 0 Å². The Morgan fingerprint density at radius 3 is 2.81 bits per heavy atom. The third kappa shape index (κ3) is 3.81. The van der Waals surface area contributed by atoms with Gasteiger partial charge in [0.15, 0.2) is 0 Å². The van der Waals surface area contributed by atoms with E-state index in [4.69, 9.17) is 9.63 Å². The molecule has 1 fully saturated rings. The van der Waals surface area contributed by atoms with Crippen LogP contribution in [0.5, 0.6) is 0 Å². The van der Waals surface area contributed by atoms with Gasteiger partial charge in [0.05, 0.1) is 12.2 Å². The summed E-state index contributed by atoms with van der Waals surface area (Å²) in [7, 11) is 0. The molecule has 0 saturated carbocycles. The quantitative estimate of drug-likeness (QED) is 0.873. The Labute approximate surface area is 123 Å². The van der Waals surface area contributed by atoms with Crippen LogP contribution in [0.2, 0.25) is 0 Å². The molecule has 116 valence electrons. The molecule has 1 aliphatic rings. The molecule has 0 spiro atoms. The van der Waals surface area contributed by atoms with Gasteiger partial charge in [0.25, 0.3) is 0 Å². The first-order valence-electron chi connectivity index (χ1n) is 7.01. The fourth-order valence-electron chi connectivity index (χ4n) is 2.34. The monoisotopic (exact) mass is 295 g/mol. The Kier molecular flexibility index (Phi) is 4.32. The Morgan fingerprint density at radius 1 is 1.52 bits per heavy atom. The summed E-state index contributed by atoms with van der Waals surface area (Å²) in [6.07, 6.45) is 1.37. The SMILES string of the molecule is CC(C)(C)c1cc(NC(=O)CN2CCC[C@H]2C(=O)O)on1. The van der Waals surface area contributed by atoms with Gasteiger partial charge in [-0.15, -0.1) is 0 Å². The summed E-state index contributed by atoms with van der Waals surface area (Å²) in [5, 5.41) is 15.6. The van der Waals surface area contributed by atoms with Gasteiger partial charge in [0.2, 0.25) is 11.8 Å². The third-order valence-corrected chi connectivity index (χ3v) is 3.54. The number of anilines is 1. The van der Waals surface area contributed by atoms with Crippen molar-refractivity contribution in [1.29, 1.82) is 0 Å². The van der Waals surface area contributed by atoms with Crippen LogP contribution in [0.25, 0.3) is 0 Å². The van der Waals surface area contributed by atoms with E-state index in [2.05, 4.69) is 10.5 Å². The summed E-state index contributed by atoms with van der Waals surface area (Å²) < 4.78 is 5.08. The van der Waals surface area contributed by atoms with Crippen molar-refractivity contribution in [3.8, 4) is 0 Å². The average molecular weight is 295 g/mol. The average Bonchev–Trinajstić information content (AvgIpc) is 2.96. The number of aliphatic carboxylic acids is 1. The number of likely N-dealkylation sites (tertiary alicyclic amines) is 1. The Bertz CT molecular complexity index is 533. The molecule has 1 aromatic rings. The molecule has 0 bridgehead atoms. The van der Waals surface area contributed by atoms with E-state index in [0.29, 0.717) is 13.0 Å². The third-order valence-electron chi connectivity index (χ3n) is 3.54. The number of nitrogens with one attached hydrogen (secondary N) is 1. The van der Waals surface area contributed by atoms with Crippen molar-refractivity contribution in [2.75, 3.05) is 18.4 Å². The molecule has 1 aliphatic heterocycles. The predicted octanol–water partition coefficient (Wildman–Crippen LogP) is 1.46. The van der Waals surface area contributed by atoms with Gasteiger partial charge in [-0.1, -0.05) is 25.9 Å². The van der Waals surface area contributed by atoms with Crippen LogP contribution >= 0.6 is 0 Å². The van der Waals surface area contributed by atoms with Gasteiger partial charge in [0.1, 0.15) is 6.04 Å². The minimum atomic E-state index is -0.880. The number of carbonyl (C=O) groups excluding carboxylic acids is 1. The lowest BCUT2D eigenvalue weighted by atomic mass is 9.92. The molecule has 0 radical (unpaired) electrons. The highest BCUT2D eigenvalue weighted by Crippen LogP contribution is 2.23. The molecule has 7 heteroatoms. The minimum absolute atomic E-state index is 0.0442. The van der Waals surface area contributed by atoms with E-state index in [1.54, 1.807) is 11.0 Å². The summed E-state index contributed by atoms with van der Waals surface area (Å²) in [6.45, 7) is 6.66. The van der Waals surface area contributed by atoms with E-state index in [1.807, 2.05) is 20.8 Å². The number of hydrogen-bond acceptors (Lipinski definition) is 5. The van der Waals surface area contributed by atoms with Gasteiger partial charge in [-0.3, -0.25) is 19.8 Å². The Balaban J connectivity index is 1.93. The van der Waals surface area contributed by atoms with E-state index < -0.39 is 12.0 Å². The largest absolute Gasteiger partial charge is 0.480 e. The molecule has 1 atom stereocenters. The molecule has 7 nitrogen and oxygen atoms in total. The predicted molar refractivity (Wildman–Crippen MR) is 76.1 cm³/mol. The zero-order chi connectivity index (χ0) is 15.6. The lowest BCUT2D eigenvalue weighted by Gasteiger charge is -2.19. The number of carboxylic acids is 1. The van der Waals surface area contributed by atoms with Gasteiger partial charge in [-0.2, -0.15) is 0 Å². The van der Waals surface area contributed by atoms with Gasteiger partial charge < -0.3 is 9.63 Å². The topological polar surface area (TPSA) is 95.7 Å². The van der Waals surface area contributed by atoms with Crippen LogP contribution < -0.4 is 5.32 Å². The highest BCUT2D eigenvalue weighted by Gasteiger charge is 2.31. The molecule has 2 rings (SSSR count). The molecule has 0 unspecified atom stereocenters. The summed E-state index contributed by atoms with van der Waals surface area (Å²) in [5.41, 5.74) is 0.595. The molecule has 2 heterocycles. The van der Waals surface area contributed by atoms with Crippen LogP contribution in [0.1, 0.15) is 39.3 Å². The van der Waals surface area contributed by atoms with E-state index >= 15 is 0 Å². The Morgan fingerprint density at radius 2 is 2.24 bits per heavy atom. The van der Waals surface area contributed by atoms with Gasteiger partial charge in [0, 0.05) is 11.5 Å². The maximum Gasteiger partial charge on any atom is 0.320 e. The molecular weight excluding hydrogens is 274 g/mol. The zero-order valence-corrected chi connectivity index (χ0v) is 12.5. The molecule has 0 aromatic carbocycles. The molecule has 0 aliphatic carbocycles. The number of amides is 1. The normalized spacial score (nSPS) is 19.7. The first-order valence-corrected chi connectivity index (χ1v) is 7.01. The van der Waals surface area contributed by atoms with E-state index in [9.17, 15) is 9.59 Å². The highest BCUT2D eigenvalue weighted by molar-refractivity contribution is 5.91. The molecule has 1 amide bonds. The molecule has 1 saturated heterocycles. The van der Waals surface area contributed by atoms with Crippen LogP contribution in [0.3, 0.4) is 0 Å². The highest BCUT2D eigenvalue weighted by atomic mass is 16.5. The van der Waals surface area contributed by atoms with Crippen molar-refractivity contribution in [3.05, 3.63) is 11.8 Å². The van der Waals surface area contributed by atoms with Gasteiger partial charge >= 0.3 is 5.97 Å². The van der Waals surface area contributed by atoms with Crippen LogP contribution in [-0.4, -0.2) is 46.2 Å². The smallest absolute Gasteiger partial charge is 0.320 e. The fraction of sp³-hybridized carbons (Fsp3) is 0.643. The van der Waals surface area contributed by atoms with Crippen molar-refractivity contribution >= 4 is 17.8 Å². The second-order valence-electron chi connectivity index (χ2n) is 6.34. The number of nitrogens with zero attached hydrogens (tertiary/aromatic N) is 2. The maximum absolute atomic E-state index is 12.0. The summed E-state index contributed by atoms with van der Waals surface area (Å²) >= 11 is 0. The van der Waals surface area contributed by atoms with Gasteiger partial charge in [-0.05, 0) is 19.4 Å². The van der Waals surface area contributed by atoms with E-state index in [-0.39, 0.29) is 23.8 Å². The van der Waals surface area contributed by atoms with Gasteiger partial charge in [-0.25, -0.2) is 0 Å². The maximum atomic E-state index is 12.0. The van der Waals surface area contributed by atoms with Crippen molar-refractivity contribution < 1.29 is 19.2 Å². The van der Waals surface area contributed by atoms with Crippen molar-refractivity contribution in [2.45, 2.75) is 45.1 Å². The number of rotatable bonds is 4. The summed E-state index contributed by atoms with van der Waals surface area (Å²) in [4.78, 5) is 24.7. The number of aromatic nitrogens is 1. The molecule has 1 aromatic heterocycles. The van der Waals surface area contributed by atoms with Crippen LogP contribution in [0.15, 0.2) is 10.6 Å². The Hall–Kier alpha value is -1.89. The van der Waals surface area contributed by atoms with Crippen molar-refractivity contribution in [3.63, 3.8) is 0 Å². The van der Waals surface area contributed by atoms with Crippen molar-refractivity contribution in [2.24, 2.45) is 0 Å². The fourth-order valence-corrected chi connectivity index (χ4v) is 2.34. The number of hydrogen-bond donors (Lipinski definition) is 2. The lowest BCUT2D eigenvalue weighted by Crippen LogP contribution is -2.40. The van der Waals surface area contributed by atoms with E-state index in [0.717, 1.165) is 12.1 Å². The lowest BCUT2D eigenvalue weighted by molar-refractivity contribution is -0.142. The molecular formula is C14H21N3O4. The van der Waals surface area contributed by atoms with Crippen LogP contribution in [0.4, 0.5) is 5.88 Å². The van der Waals surface area contributed by atoms with Crippen molar-refractivity contribution in [1.82, 2.24) is 10.1 Å². The summed E-state index contributed by atoms with van der Waals surface area (Å²) in [6, 6.07) is 1.12. The second kappa shape index (κ2) is 5.85. The molecule has 21 heavy (non-hydrogen) atoms. The van der Waals surface area contributed by atoms with E-state index in [1.165, 1.54) is 0 Å². The van der Waals surface area contributed by atoms with Crippen LogP contribution in [-0.2, 0) is 15.0 Å². The standard InChI is InChI=1S/C14H21N3O4/c1-14(2,3)10-7-12(21-16-10)15-11(18)8-17-6-4-5-9(17)13(19)20/h7,9H,4-6,8H2,1-3H3,(H,15,18)(H,19,20)/t9-/m0/s1. The zero-order valence-electron chi connectivity index (χ0n) is 12.5. The second-order valence-corrected chi connectivity index (χ2v) is 6.34. The molecule has 2 N–H and O–H groups in total. The minimum Gasteiger partial charge on any atom is -0.480 e. The first-order chi connectivity index (χ1) is 9.77. The summed E-state index contributed by atoms with van der Waals surface area (Å²) in [5.74, 6) is -0.884. The number of carboxylic acid groups (broad SMARTS) is 1. The number of carbonyl (C=O) groups is 2. The first kappa shape index (κ1) is 15.5.